The number of aryl methyl sites for hydroxylation is 2. The van der Waals surface area contributed by atoms with E-state index in [1.54, 1.807) is 0 Å². The summed E-state index contributed by atoms with van der Waals surface area (Å²) in [5.41, 5.74) is 8.66. The summed E-state index contributed by atoms with van der Waals surface area (Å²) in [6.45, 7) is 7.94. The van der Waals surface area contributed by atoms with Crippen LogP contribution in [0.5, 0.6) is 11.6 Å². The number of rotatable bonds is 3. The second kappa shape index (κ2) is 5.67. The van der Waals surface area contributed by atoms with Gasteiger partial charge in [0.15, 0.2) is 0 Å². The van der Waals surface area contributed by atoms with Crippen LogP contribution in [0.15, 0.2) is 18.5 Å². The highest BCUT2D eigenvalue weighted by molar-refractivity contribution is 6.32. The molecule has 0 radical (unpaired) electrons. The molecule has 106 valence electrons. The van der Waals surface area contributed by atoms with E-state index >= 15 is 0 Å². The Morgan fingerprint density at radius 3 is 2.30 bits per heavy atom. The van der Waals surface area contributed by atoms with Gasteiger partial charge in [0.1, 0.15) is 17.9 Å². The first-order valence-corrected chi connectivity index (χ1v) is 6.83. The summed E-state index contributed by atoms with van der Waals surface area (Å²) in [4.78, 5) is 8.21. The van der Waals surface area contributed by atoms with Crippen molar-refractivity contribution < 1.29 is 4.74 Å². The average Bonchev–Trinajstić information content (AvgIpc) is 2.35. The van der Waals surface area contributed by atoms with Crippen molar-refractivity contribution in [1.29, 1.82) is 0 Å². The Hall–Kier alpha value is -1.81. The fourth-order valence-corrected chi connectivity index (χ4v) is 2.20. The highest BCUT2D eigenvalue weighted by Gasteiger charge is 2.15. The number of hydrogen-bond donors (Lipinski definition) is 1. The van der Waals surface area contributed by atoms with Crippen LogP contribution in [-0.4, -0.2) is 9.97 Å². The topological polar surface area (TPSA) is 61.0 Å². The molecule has 20 heavy (non-hydrogen) atoms. The van der Waals surface area contributed by atoms with Gasteiger partial charge < -0.3 is 10.5 Å². The summed E-state index contributed by atoms with van der Waals surface area (Å²) in [6.07, 6.45) is 1.41. The van der Waals surface area contributed by atoms with E-state index in [0.717, 1.165) is 21.7 Å². The number of benzene rings is 1. The third kappa shape index (κ3) is 2.85. The third-order valence-corrected chi connectivity index (χ3v) is 3.68. The number of aromatic nitrogens is 2. The van der Waals surface area contributed by atoms with E-state index in [4.69, 9.17) is 22.1 Å². The zero-order valence-corrected chi connectivity index (χ0v) is 12.8. The van der Waals surface area contributed by atoms with Crippen molar-refractivity contribution in [1.82, 2.24) is 9.97 Å². The Bertz CT molecular complexity index is 618. The minimum absolute atomic E-state index is 0.181. The normalized spacial score (nSPS) is 10.9. The molecule has 2 rings (SSSR count). The van der Waals surface area contributed by atoms with Gasteiger partial charge in [-0.3, -0.25) is 0 Å². The molecule has 0 unspecified atom stereocenters. The fraction of sp³-hybridized carbons (Fsp3) is 0.333. The molecule has 2 N–H and O–H groups in total. The maximum atomic E-state index is 6.16. The molecule has 0 aliphatic heterocycles. The molecule has 0 aliphatic carbocycles. The standard InChI is InChI=1S/C15H18ClN3O/c1-8(2)12-14(17)18-7-19-15(12)20-11-5-9(3)13(16)10(4)6-11/h5-8H,1-4H3,(H2,17,18,19). The lowest BCUT2D eigenvalue weighted by Crippen LogP contribution is -2.04. The number of halogens is 1. The number of nitrogen functional groups attached to an aromatic ring is 1. The molecule has 0 fully saturated rings. The first kappa shape index (κ1) is 14.6. The van der Waals surface area contributed by atoms with Crippen LogP contribution in [0.3, 0.4) is 0 Å². The van der Waals surface area contributed by atoms with Crippen molar-refractivity contribution in [2.45, 2.75) is 33.6 Å². The van der Waals surface area contributed by atoms with Crippen molar-refractivity contribution in [3.63, 3.8) is 0 Å². The molecule has 0 saturated carbocycles. The molecular weight excluding hydrogens is 274 g/mol. The van der Waals surface area contributed by atoms with Gasteiger partial charge in [-0.2, -0.15) is 0 Å². The van der Waals surface area contributed by atoms with Gasteiger partial charge in [0.25, 0.3) is 0 Å². The van der Waals surface area contributed by atoms with Gasteiger partial charge in [0, 0.05) is 5.02 Å². The maximum Gasteiger partial charge on any atom is 0.227 e. The zero-order valence-electron chi connectivity index (χ0n) is 12.1. The predicted molar refractivity (Wildman–Crippen MR) is 81.5 cm³/mol. The van der Waals surface area contributed by atoms with Gasteiger partial charge in [-0.05, 0) is 43.0 Å². The number of nitrogens with zero attached hydrogens (tertiary/aromatic N) is 2. The molecule has 2 aromatic rings. The summed E-state index contributed by atoms with van der Waals surface area (Å²) in [5.74, 6) is 1.83. The zero-order chi connectivity index (χ0) is 14.9. The van der Waals surface area contributed by atoms with E-state index in [1.807, 2.05) is 39.8 Å². The van der Waals surface area contributed by atoms with Crippen LogP contribution in [0.4, 0.5) is 5.82 Å². The van der Waals surface area contributed by atoms with Crippen molar-refractivity contribution in [2.24, 2.45) is 0 Å². The molecule has 0 atom stereocenters. The van der Waals surface area contributed by atoms with Crippen LogP contribution >= 0.6 is 11.6 Å². The summed E-state index contributed by atoms with van der Waals surface area (Å²) in [6, 6.07) is 3.77. The van der Waals surface area contributed by atoms with Crippen molar-refractivity contribution in [2.75, 3.05) is 5.73 Å². The highest BCUT2D eigenvalue weighted by atomic mass is 35.5. The van der Waals surface area contributed by atoms with Crippen LogP contribution in [0.25, 0.3) is 0 Å². The van der Waals surface area contributed by atoms with Crippen LogP contribution in [0.2, 0.25) is 5.02 Å². The molecule has 1 aromatic carbocycles. The van der Waals surface area contributed by atoms with Crippen LogP contribution in [-0.2, 0) is 0 Å². The first-order chi connectivity index (χ1) is 9.40. The van der Waals surface area contributed by atoms with Gasteiger partial charge in [0.2, 0.25) is 5.88 Å². The molecule has 0 aliphatic rings. The van der Waals surface area contributed by atoms with Crippen molar-refractivity contribution in [3.8, 4) is 11.6 Å². The predicted octanol–water partition coefficient (Wildman–Crippen LogP) is 4.24. The summed E-state index contributed by atoms with van der Waals surface area (Å²) in [5, 5.41) is 0.753. The minimum Gasteiger partial charge on any atom is -0.439 e. The Kier molecular flexibility index (Phi) is 4.14. The molecule has 0 amide bonds. The molecule has 0 saturated heterocycles. The van der Waals surface area contributed by atoms with Gasteiger partial charge >= 0.3 is 0 Å². The van der Waals surface area contributed by atoms with E-state index < -0.39 is 0 Å². The highest BCUT2D eigenvalue weighted by Crippen LogP contribution is 2.33. The fourth-order valence-electron chi connectivity index (χ4n) is 2.09. The summed E-state index contributed by atoms with van der Waals surface area (Å²) >= 11 is 6.16. The lowest BCUT2D eigenvalue weighted by molar-refractivity contribution is 0.451. The first-order valence-electron chi connectivity index (χ1n) is 6.45. The largest absolute Gasteiger partial charge is 0.439 e. The Morgan fingerprint density at radius 2 is 1.75 bits per heavy atom. The van der Waals surface area contributed by atoms with Crippen LogP contribution in [0, 0.1) is 13.8 Å². The number of ether oxygens (including phenoxy) is 1. The van der Waals surface area contributed by atoms with E-state index in [9.17, 15) is 0 Å². The average molecular weight is 292 g/mol. The monoisotopic (exact) mass is 291 g/mol. The quantitative estimate of drug-likeness (QED) is 0.918. The van der Waals surface area contributed by atoms with E-state index in [1.165, 1.54) is 6.33 Å². The van der Waals surface area contributed by atoms with Crippen molar-refractivity contribution in [3.05, 3.63) is 40.2 Å². The SMILES string of the molecule is Cc1cc(Oc2ncnc(N)c2C(C)C)cc(C)c1Cl. The molecule has 4 nitrogen and oxygen atoms in total. The second-order valence-corrected chi connectivity index (χ2v) is 5.48. The Balaban J connectivity index is 2.43. The van der Waals surface area contributed by atoms with Gasteiger partial charge in [-0.25, -0.2) is 9.97 Å². The lowest BCUT2D eigenvalue weighted by Gasteiger charge is -2.15. The van der Waals surface area contributed by atoms with Crippen molar-refractivity contribution >= 4 is 17.4 Å². The molecular formula is C15H18ClN3O. The van der Waals surface area contributed by atoms with E-state index in [-0.39, 0.29) is 5.92 Å². The molecule has 0 bridgehead atoms. The number of hydrogen-bond acceptors (Lipinski definition) is 4. The molecule has 5 heteroatoms. The smallest absolute Gasteiger partial charge is 0.227 e. The van der Waals surface area contributed by atoms with Gasteiger partial charge in [-0.1, -0.05) is 25.4 Å². The summed E-state index contributed by atoms with van der Waals surface area (Å²) in [7, 11) is 0. The second-order valence-electron chi connectivity index (χ2n) is 5.11. The Morgan fingerprint density at radius 1 is 1.15 bits per heavy atom. The molecule has 1 heterocycles. The number of anilines is 1. The van der Waals surface area contributed by atoms with Gasteiger partial charge in [0.05, 0.1) is 5.56 Å². The third-order valence-electron chi connectivity index (χ3n) is 3.08. The summed E-state index contributed by atoms with van der Waals surface area (Å²) < 4.78 is 5.88. The lowest BCUT2D eigenvalue weighted by atomic mass is 10.1. The Labute approximate surface area is 124 Å². The van der Waals surface area contributed by atoms with Gasteiger partial charge in [-0.15, -0.1) is 0 Å². The molecule has 0 spiro atoms. The number of nitrogens with two attached hydrogens (primary N) is 1. The van der Waals surface area contributed by atoms with E-state index in [2.05, 4.69) is 9.97 Å². The molecule has 1 aromatic heterocycles. The van der Waals surface area contributed by atoms with E-state index in [0.29, 0.717) is 17.4 Å². The maximum absolute atomic E-state index is 6.16. The minimum atomic E-state index is 0.181. The van der Waals surface area contributed by atoms with Crippen LogP contribution in [0.1, 0.15) is 36.5 Å². The van der Waals surface area contributed by atoms with Crippen LogP contribution < -0.4 is 10.5 Å².